The van der Waals surface area contributed by atoms with Gasteiger partial charge >= 0.3 is 0 Å². The standard InChI is InChI=1S/C7H15N2/c1-2-3-6-9-7-4-5-8-9/h6,8H,2-5,7H2,1H3. The molecule has 0 aromatic rings. The fraction of sp³-hybridized carbons (Fsp3) is 0.857. The lowest BCUT2D eigenvalue weighted by molar-refractivity contribution is 0.304. The van der Waals surface area contributed by atoms with Crippen LogP contribution in [0.3, 0.4) is 0 Å². The first-order valence-electron chi connectivity index (χ1n) is 3.77. The van der Waals surface area contributed by atoms with Crippen molar-refractivity contribution in [3.63, 3.8) is 0 Å². The van der Waals surface area contributed by atoms with E-state index in [2.05, 4.69) is 23.9 Å². The molecule has 2 heteroatoms. The molecule has 1 N–H and O–H groups in total. The van der Waals surface area contributed by atoms with Gasteiger partial charge in [0.05, 0.1) is 0 Å². The summed E-state index contributed by atoms with van der Waals surface area (Å²) < 4.78 is 0. The van der Waals surface area contributed by atoms with E-state index in [0.29, 0.717) is 0 Å². The number of unbranched alkanes of at least 4 members (excludes halogenated alkanes) is 1. The number of rotatable bonds is 3. The van der Waals surface area contributed by atoms with Crippen LogP contribution in [-0.4, -0.2) is 18.1 Å². The van der Waals surface area contributed by atoms with Crippen LogP contribution in [0.25, 0.3) is 0 Å². The van der Waals surface area contributed by atoms with Gasteiger partial charge in [0.15, 0.2) is 0 Å². The minimum absolute atomic E-state index is 1.15. The summed E-state index contributed by atoms with van der Waals surface area (Å²) in [5.41, 5.74) is 3.27. The summed E-state index contributed by atoms with van der Waals surface area (Å²) >= 11 is 0. The molecular weight excluding hydrogens is 112 g/mol. The molecule has 53 valence electrons. The monoisotopic (exact) mass is 127 g/mol. The Morgan fingerprint density at radius 1 is 1.67 bits per heavy atom. The van der Waals surface area contributed by atoms with Crippen LogP contribution < -0.4 is 5.43 Å². The topological polar surface area (TPSA) is 15.3 Å². The largest absolute Gasteiger partial charge is 0.255 e. The summed E-state index contributed by atoms with van der Waals surface area (Å²) in [4.78, 5) is 0. The predicted molar refractivity (Wildman–Crippen MR) is 38.5 cm³/mol. The fourth-order valence-corrected chi connectivity index (χ4v) is 0.992. The maximum atomic E-state index is 3.27. The highest BCUT2D eigenvalue weighted by Gasteiger charge is 2.08. The quantitative estimate of drug-likeness (QED) is 0.612. The molecule has 1 aliphatic heterocycles. The average molecular weight is 127 g/mol. The Bertz CT molecular complexity index is 67.3. The van der Waals surface area contributed by atoms with Crippen LogP contribution in [0.1, 0.15) is 26.2 Å². The third-order valence-electron chi connectivity index (χ3n) is 1.53. The van der Waals surface area contributed by atoms with E-state index in [1.54, 1.807) is 0 Å². The van der Waals surface area contributed by atoms with Crippen LogP contribution in [0.2, 0.25) is 0 Å². The Labute approximate surface area is 57.2 Å². The predicted octanol–water partition coefficient (Wildman–Crippen LogP) is 1.16. The van der Waals surface area contributed by atoms with Gasteiger partial charge in [0.25, 0.3) is 0 Å². The first kappa shape index (κ1) is 7.03. The highest BCUT2D eigenvalue weighted by Crippen LogP contribution is 2.02. The molecule has 0 unspecified atom stereocenters. The molecule has 0 aromatic heterocycles. The van der Waals surface area contributed by atoms with E-state index in [4.69, 9.17) is 0 Å². The lowest BCUT2D eigenvalue weighted by Gasteiger charge is -2.12. The molecule has 0 saturated carbocycles. The zero-order valence-corrected chi connectivity index (χ0v) is 6.06. The van der Waals surface area contributed by atoms with Crippen LogP contribution in [0.5, 0.6) is 0 Å². The first-order chi connectivity index (χ1) is 4.43. The minimum Gasteiger partial charge on any atom is -0.255 e. The molecule has 0 spiro atoms. The molecule has 0 amide bonds. The molecule has 2 nitrogen and oxygen atoms in total. The molecular formula is C7H15N2. The van der Waals surface area contributed by atoms with Gasteiger partial charge in [-0.15, -0.1) is 0 Å². The van der Waals surface area contributed by atoms with E-state index in [0.717, 1.165) is 6.54 Å². The van der Waals surface area contributed by atoms with E-state index in [1.165, 1.54) is 25.8 Å². The van der Waals surface area contributed by atoms with Crippen molar-refractivity contribution in [2.45, 2.75) is 26.2 Å². The van der Waals surface area contributed by atoms with Gasteiger partial charge in [0, 0.05) is 19.6 Å². The number of nitrogens with one attached hydrogen (secondary N) is 1. The van der Waals surface area contributed by atoms with E-state index in [9.17, 15) is 0 Å². The molecule has 1 fully saturated rings. The zero-order valence-electron chi connectivity index (χ0n) is 6.06. The normalized spacial score (nSPS) is 21.0. The van der Waals surface area contributed by atoms with Crippen molar-refractivity contribution in [2.75, 3.05) is 13.1 Å². The lowest BCUT2D eigenvalue weighted by Crippen LogP contribution is -2.27. The van der Waals surface area contributed by atoms with Gasteiger partial charge in [-0.1, -0.05) is 13.3 Å². The van der Waals surface area contributed by atoms with Crippen molar-refractivity contribution < 1.29 is 0 Å². The van der Waals surface area contributed by atoms with Gasteiger partial charge in [-0.05, 0) is 12.8 Å². The number of hydrogen-bond donors (Lipinski definition) is 1. The zero-order chi connectivity index (χ0) is 6.53. The first-order valence-corrected chi connectivity index (χ1v) is 3.77. The molecule has 0 atom stereocenters. The van der Waals surface area contributed by atoms with E-state index in [1.807, 2.05) is 0 Å². The van der Waals surface area contributed by atoms with Crippen LogP contribution >= 0.6 is 0 Å². The molecule has 1 aliphatic rings. The van der Waals surface area contributed by atoms with Gasteiger partial charge in [-0.25, -0.2) is 5.01 Å². The average Bonchev–Trinajstić information content (AvgIpc) is 2.34. The van der Waals surface area contributed by atoms with Crippen LogP contribution in [0, 0.1) is 6.54 Å². The minimum atomic E-state index is 1.15. The van der Waals surface area contributed by atoms with Crippen molar-refractivity contribution in [3.8, 4) is 0 Å². The summed E-state index contributed by atoms with van der Waals surface area (Å²) in [7, 11) is 0. The van der Waals surface area contributed by atoms with Crippen molar-refractivity contribution in [3.05, 3.63) is 6.54 Å². The summed E-state index contributed by atoms with van der Waals surface area (Å²) in [6.07, 6.45) is 3.74. The fourth-order valence-electron chi connectivity index (χ4n) is 0.992. The second-order valence-corrected chi connectivity index (χ2v) is 2.43. The van der Waals surface area contributed by atoms with Gasteiger partial charge < -0.3 is 0 Å². The van der Waals surface area contributed by atoms with Gasteiger partial charge in [-0.3, -0.25) is 5.43 Å². The van der Waals surface area contributed by atoms with Crippen molar-refractivity contribution in [2.24, 2.45) is 0 Å². The molecule has 0 bridgehead atoms. The van der Waals surface area contributed by atoms with E-state index < -0.39 is 0 Å². The Hall–Kier alpha value is -0.0800. The molecule has 1 saturated heterocycles. The van der Waals surface area contributed by atoms with E-state index in [-0.39, 0.29) is 0 Å². The third-order valence-corrected chi connectivity index (χ3v) is 1.53. The van der Waals surface area contributed by atoms with Crippen molar-refractivity contribution in [1.29, 1.82) is 0 Å². The smallest absolute Gasteiger partial charge is 0.0413 e. The third kappa shape index (κ3) is 2.33. The van der Waals surface area contributed by atoms with Crippen LogP contribution in [0.4, 0.5) is 0 Å². The molecule has 0 aliphatic carbocycles. The maximum Gasteiger partial charge on any atom is 0.0413 e. The van der Waals surface area contributed by atoms with E-state index >= 15 is 0 Å². The highest BCUT2D eigenvalue weighted by atomic mass is 15.5. The molecule has 1 radical (unpaired) electrons. The molecule has 0 aromatic carbocycles. The molecule has 9 heavy (non-hydrogen) atoms. The highest BCUT2D eigenvalue weighted by molar-refractivity contribution is 4.69. The number of hydrogen-bond acceptors (Lipinski definition) is 2. The van der Waals surface area contributed by atoms with Crippen molar-refractivity contribution >= 4 is 0 Å². The summed E-state index contributed by atoms with van der Waals surface area (Å²) in [5, 5.41) is 2.20. The van der Waals surface area contributed by atoms with Gasteiger partial charge in [-0.2, -0.15) is 0 Å². The second-order valence-electron chi connectivity index (χ2n) is 2.43. The van der Waals surface area contributed by atoms with Gasteiger partial charge in [0.2, 0.25) is 0 Å². The summed E-state index contributed by atoms with van der Waals surface area (Å²) in [6, 6.07) is 0. The van der Waals surface area contributed by atoms with Gasteiger partial charge in [0.1, 0.15) is 0 Å². The van der Waals surface area contributed by atoms with Crippen LogP contribution in [0.15, 0.2) is 0 Å². The van der Waals surface area contributed by atoms with Crippen LogP contribution in [-0.2, 0) is 0 Å². The molecule has 1 rings (SSSR count). The molecule has 1 heterocycles. The Kier molecular flexibility index (Phi) is 3.01. The summed E-state index contributed by atoms with van der Waals surface area (Å²) in [5.74, 6) is 0. The second kappa shape index (κ2) is 3.85. The maximum absolute atomic E-state index is 3.27. The van der Waals surface area contributed by atoms with Crippen molar-refractivity contribution in [1.82, 2.24) is 10.4 Å². The summed E-state index contributed by atoms with van der Waals surface area (Å²) in [6.45, 7) is 6.79. The lowest BCUT2D eigenvalue weighted by atomic mass is 10.3. The number of nitrogens with zero attached hydrogens (tertiary/aromatic N) is 1. The Balaban J connectivity index is 1.98. The Morgan fingerprint density at radius 3 is 3.11 bits per heavy atom. The SMILES string of the molecule is CCC[CH]N1CCCN1. The number of hydrazine groups is 1. The Morgan fingerprint density at radius 2 is 2.56 bits per heavy atom.